The molecular weight excluding hydrogens is 156 g/mol. The number of aromatic carboxylic acids is 1. The van der Waals surface area contributed by atoms with Crippen molar-refractivity contribution >= 4 is 11.7 Å². The predicted molar refractivity (Wildman–Crippen MR) is 41.6 cm³/mol. The smallest absolute Gasteiger partial charge is 0.335 e. The maximum Gasteiger partial charge on any atom is 0.335 e. The molecule has 0 bridgehead atoms. The van der Waals surface area contributed by atoms with E-state index in [2.05, 4.69) is 10.2 Å². The van der Waals surface area contributed by atoms with E-state index in [1.807, 2.05) is 0 Å². The van der Waals surface area contributed by atoms with E-state index >= 15 is 0 Å². The third-order valence-electron chi connectivity index (χ3n) is 1.75. The van der Waals surface area contributed by atoms with Crippen LogP contribution in [0.3, 0.4) is 0 Å². The molecule has 60 valence electrons. The summed E-state index contributed by atoms with van der Waals surface area (Å²) in [6, 6.07) is 4.85. The number of nitrogens with zero attached hydrogens (tertiary/aromatic N) is 2. The molecule has 1 aliphatic rings. The number of hydrogen-bond acceptors (Lipinski definition) is 3. The van der Waals surface area contributed by atoms with E-state index in [0.29, 0.717) is 12.2 Å². The molecule has 0 fully saturated rings. The summed E-state index contributed by atoms with van der Waals surface area (Å²) in [6.07, 6.45) is 0. The van der Waals surface area contributed by atoms with E-state index in [1.54, 1.807) is 12.1 Å². The predicted octanol–water partition coefficient (Wildman–Crippen LogP) is 1.98. The van der Waals surface area contributed by atoms with Gasteiger partial charge in [-0.2, -0.15) is 10.2 Å². The number of carboxylic acids is 1. The monoisotopic (exact) mass is 162 g/mol. The summed E-state index contributed by atoms with van der Waals surface area (Å²) in [5.74, 6) is -0.931. The quantitative estimate of drug-likeness (QED) is 0.686. The molecule has 1 N–H and O–H groups in total. The summed E-state index contributed by atoms with van der Waals surface area (Å²) in [7, 11) is 0. The van der Waals surface area contributed by atoms with Crippen molar-refractivity contribution < 1.29 is 9.90 Å². The zero-order valence-electron chi connectivity index (χ0n) is 6.19. The lowest BCUT2D eigenvalue weighted by Gasteiger charge is -1.96. The molecule has 12 heavy (non-hydrogen) atoms. The SMILES string of the molecule is O=C(O)c1ccc2c(c1)N=NC2. The fourth-order valence-electron chi connectivity index (χ4n) is 1.11. The minimum absolute atomic E-state index is 0.259. The summed E-state index contributed by atoms with van der Waals surface area (Å²) >= 11 is 0. The van der Waals surface area contributed by atoms with E-state index in [-0.39, 0.29) is 5.56 Å². The van der Waals surface area contributed by atoms with Crippen molar-refractivity contribution in [2.24, 2.45) is 10.2 Å². The fourth-order valence-corrected chi connectivity index (χ4v) is 1.11. The van der Waals surface area contributed by atoms with E-state index in [1.165, 1.54) is 6.07 Å². The zero-order chi connectivity index (χ0) is 8.55. The highest BCUT2D eigenvalue weighted by molar-refractivity contribution is 5.88. The number of hydrogen-bond donors (Lipinski definition) is 1. The van der Waals surface area contributed by atoms with Crippen LogP contribution in [0.1, 0.15) is 15.9 Å². The summed E-state index contributed by atoms with van der Waals surface area (Å²) < 4.78 is 0. The van der Waals surface area contributed by atoms with Gasteiger partial charge in [-0.15, -0.1) is 0 Å². The Labute approximate surface area is 68.6 Å². The third kappa shape index (κ3) is 0.972. The van der Waals surface area contributed by atoms with E-state index in [9.17, 15) is 4.79 Å². The van der Waals surface area contributed by atoms with Crippen LogP contribution >= 0.6 is 0 Å². The minimum Gasteiger partial charge on any atom is -0.478 e. The van der Waals surface area contributed by atoms with Gasteiger partial charge in [-0.1, -0.05) is 6.07 Å². The summed E-state index contributed by atoms with van der Waals surface area (Å²) in [4.78, 5) is 10.5. The molecule has 0 unspecified atom stereocenters. The maximum absolute atomic E-state index is 10.5. The molecule has 4 nitrogen and oxygen atoms in total. The van der Waals surface area contributed by atoms with Gasteiger partial charge in [0.15, 0.2) is 0 Å². The Kier molecular flexibility index (Phi) is 1.40. The highest BCUT2D eigenvalue weighted by Gasteiger charge is 2.10. The average Bonchev–Trinajstić information content (AvgIpc) is 2.49. The minimum atomic E-state index is -0.931. The van der Waals surface area contributed by atoms with Crippen LogP contribution in [0.25, 0.3) is 0 Å². The first kappa shape index (κ1) is 6.97. The van der Waals surface area contributed by atoms with Crippen LogP contribution in [0.2, 0.25) is 0 Å². The normalized spacial score (nSPS) is 13.0. The second-order valence-corrected chi connectivity index (χ2v) is 2.55. The Balaban J connectivity index is 2.51. The van der Waals surface area contributed by atoms with E-state index in [4.69, 9.17) is 5.11 Å². The number of carbonyl (C=O) groups is 1. The van der Waals surface area contributed by atoms with E-state index < -0.39 is 5.97 Å². The lowest BCUT2D eigenvalue weighted by Crippen LogP contribution is -1.95. The van der Waals surface area contributed by atoms with Crippen LogP contribution < -0.4 is 0 Å². The Bertz CT molecular complexity index is 371. The third-order valence-corrected chi connectivity index (χ3v) is 1.75. The molecule has 1 aliphatic heterocycles. The van der Waals surface area contributed by atoms with Crippen molar-refractivity contribution in [3.05, 3.63) is 29.3 Å². The van der Waals surface area contributed by atoms with Crippen molar-refractivity contribution in [1.82, 2.24) is 0 Å². The summed E-state index contributed by atoms with van der Waals surface area (Å²) in [5, 5.41) is 16.2. The van der Waals surface area contributed by atoms with Gasteiger partial charge in [-0.3, -0.25) is 0 Å². The van der Waals surface area contributed by atoms with Crippen LogP contribution in [0.4, 0.5) is 5.69 Å². The van der Waals surface area contributed by atoms with Gasteiger partial charge in [0.05, 0.1) is 17.8 Å². The standard InChI is InChI=1S/C8H6N2O2/c11-8(12)5-1-2-6-4-9-10-7(6)3-5/h1-3H,4H2,(H,11,12). The molecule has 0 amide bonds. The molecule has 1 aromatic rings. The van der Waals surface area contributed by atoms with Crippen LogP contribution in [0.15, 0.2) is 28.4 Å². The fraction of sp³-hybridized carbons (Fsp3) is 0.125. The van der Waals surface area contributed by atoms with Gasteiger partial charge in [0.1, 0.15) is 0 Å². The molecule has 0 aliphatic carbocycles. The maximum atomic E-state index is 10.5. The largest absolute Gasteiger partial charge is 0.478 e. The van der Waals surface area contributed by atoms with E-state index in [0.717, 1.165) is 5.56 Å². The lowest BCUT2D eigenvalue weighted by molar-refractivity contribution is 0.0697. The Hall–Kier alpha value is -1.71. The van der Waals surface area contributed by atoms with Gasteiger partial charge in [0.25, 0.3) is 0 Å². The molecule has 0 saturated carbocycles. The van der Waals surface area contributed by atoms with Gasteiger partial charge < -0.3 is 5.11 Å². The Morgan fingerprint density at radius 3 is 3.08 bits per heavy atom. The average molecular weight is 162 g/mol. The van der Waals surface area contributed by atoms with Gasteiger partial charge in [0, 0.05) is 5.56 Å². The highest BCUT2D eigenvalue weighted by atomic mass is 16.4. The number of carboxylic acid groups (broad SMARTS) is 1. The van der Waals surface area contributed by atoms with Crippen molar-refractivity contribution in [2.45, 2.75) is 6.54 Å². The number of azo groups is 1. The number of rotatable bonds is 1. The Morgan fingerprint density at radius 1 is 1.50 bits per heavy atom. The molecule has 1 heterocycles. The molecule has 0 radical (unpaired) electrons. The molecular formula is C8H6N2O2. The molecule has 0 atom stereocenters. The second-order valence-electron chi connectivity index (χ2n) is 2.55. The van der Waals surface area contributed by atoms with Crippen LogP contribution in [0.5, 0.6) is 0 Å². The molecule has 0 aromatic heterocycles. The topological polar surface area (TPSA) is 62.0 Å². The molecule has 0 spiro atoms. The molecule has 0 saturated heterocycles. The van der Waals surface area contributed by atoms with Gasteiger partial charge in [0.2, 0.25) is 0 Å². The van der Waals surface area contributed by atoms with Crippen molar-refractivity contribution in [3.63, 3.8) is 0 Å². The van der Waals surface area contributed by atoms with Crippen molar-refractivity contribution in [3.8, 4) is 0 Å². The van der Waals surface area contributed by atoms with Crippen LogP contribution in [-0.2, 0) is 6.54 Å². The zero-order valence-corrected chi connectivity index (χ0v) is 6.19. The van der Waals surface area contributed by atoms with Crippen molar-refractivity contribution in [2.75, 3.05) is 0 Å². The number of benzene rings is 1. The van der Waals surface area contributed by atoms with Gasteiger partial charge >= 0.3 is 5.97 Å². The first-order valence-corrected chi connectivity index (χ1v) is 3.51. The van der Waals surface area contributed by atoms with Gasteiger partial charge in [-0.25, -0.2) is 4.79 Å². The summed E-state index contributed by atoms with van der Waals surface area (Å²) in [6.45, 7) is 0.565. The highest BCUT2D eigenvalue weighted by Crippen LogP contribution is 2.27. The lowest BCUT2D eigenvalue weighted by atomic mass is 10.1. The molecule has 1 aromatic carbocycles. The van der Waals surface area contributed by atoms with Gasteiger partial charge in [-0.05, 0) is 12.1 Å². The first-order chi connectivity index (χ1) is 5.77. The molecule has 4 heteroatoms. The van der Waals surface area contributed by atoms with Crippen LogP contribution in [0, 0.1) is 0 Å². The molecule has 2 rings (SSSR count). The Morgan fingerprint density at radius 2 is 2.33 bits per heavy atom. The van der Waals surface area contributed by atoms with Crippen LogP contribution in [-0.4, -0.2) is 11.1 Å². The first-order valence-electron chi connectivity index (χ1n) is 3.51. The summed E-state index contributed by atoms with van der Waals surface area (Å²) in [5.41, 5.74) is 1.92. The second kappa shape index (κ2) is 2.41. The van der Waals surface area contributed by atoms with Crippen molar-refractivity contribution in [1.29, 1.82) is 0 Å². The number of fused-ring (bicyclic) bond motifs is 1.